The Hall–Kier alpha value is -4.34. The first-order valence-corrected chi connectivity index (χ1v) is 9.42. The summed E-state index contributed by atoms with van der Waals surface area (Å²) in [5, 5.41) is 0.352. The fourth-order valence-electron chi connectivity index (χ4n) is 3.12. The fraction of sp³-hybridized carbons (Fsp3) is 0. The van der Waals surface area contributed by atoms with E-state index in [0.717, 1.165) is 0 Å². The van der Waals surface area contributed by atoms with Crippen molar-refractivity contribution < 1.29 is 45.4 Å². The van der Waals surface area contributed by atoms with E-state index in [0.29, 0.717) is 29.7 Å². The number of rotatable bonds is 4. The average Bonchev–Trinajstić information content (AvgIpc) is 2.81. The third-order valence-corrected chi connectivity index (χ3v) is 4.74. The number of benzene rings is 4. The van der Waals surface area contributed by atoms with Crippen LogP contribution in [0.2, 0.25) is 0 Å². The summed E-state index contributed by atoms with van der Waals surface area (Å²) >= 11 is 0. The summed E-state index contributed by atoms with van der Waals surface area (Å²) in [7, 11) is 0. The zero-order valence-electron chi connectivity index (χ0n) is 16.7. The zero-order valence-corrected chi connectivity index (χ0v) is 16.7. The summed E-state index contributed by atoms with van der Waals surface area (Å²) in [5.74, 6) is -13.5. The zero-order chi connectivity index (χ0) is 24.6. The van der Waals surface area contributed by atoms with E-state index in [1.54, 1.807) is 0 Å². The van der Waals surface area contributed by atoms with E-state index in [4.69, 9.17) is 9.47 Å². The van der Waals surface area contributed by atoms with Gasteiger partial charge in [0, 0.05) is 0 Å². The largest absolute Gasteiger partial charge is 0.422 e. The third kappa shape index (κ3) is 4.05. The Bertz CT molecular complexity index is 1360. The van der Waals surface area contributed by atoms with Gasteiger partial charge >= 0.3 is 11.9 Å². The van der Waals surface area contributed by atoms with Crippen molar-refractivity contribution in [2.75, 3.05) is 0 Å². The van der Waals surface area contributed by atoms with Crippen molar-refractivity contribution in [1.29, 1.82) is 0 Å². The molecule has 0 saturated carbocycles. The van der Waals surface area contributed by atoms with E-state index >= 15 is 0 Å². The van der Waals surface area contributed by atoms with Crippen molar-refractivity contribution >= 4 is 22.7 Å². The Labute approximate surface area is 187 Å². The number of halogens is 6. The second-order valence-electron chi connectivity index (χ2n) is 6.84. The third-order valence-electron chi connectivity index (χ3n) is 4.74. The van der Waals surface area contributed by atoms with Gasteiger partial charge in [0.15, 0.2) is 34.9 Å². The van der Waals surface area contributed by atoms with Crippen LogP contribution in [0.3, 0.4) is 0 Å². The van der Waals surface area contributed by atoms with E-state index in [9.17, 15) is 35.9 Å². The van der Waals surface area contributed by atoms with E-state index in [1.807, 2.05) is 0 Å². The molecule has 0 saturated heterocycles. The van der Waals surface area contributed by atoms with Gasteiger partial charge in [0.05, 0.1) is 16.5 Å². The molecule has 0 aliphatic carbocycles. The minimum Gasteiger partial charge on any atom is -0.422 e. The highest BCUT2D eigenvalue weighted by Crippen LogP contribution is 2.35. The number of hydrogen-bond acceptors (Lipinski definition) is 4. The molecule has 0 spiro atoms. The van der Waals surface area contributed by atoms with Gasteiger partial charge in [0.25, 0.3) is 0 Å². The van der Waals surface area contributed by atoms with Crippen LogP contribution in [0, 0.1) is 34.9 Å². The van der Waals surface area contributed by atoms with Gasteiger partial charge < -0.3 is 9.47 Å². The van der Waals surface area contributed by atoms with Crippen LogP contribution in [0.1, 0.15) is 20.7 Å². The van der Waals surface area contributed by atoms with Crippen molar-refractivity contribution in [3.8, 4) is 11.5 Å². The molecule has 4 aromatic rings. The van der Waals surface area contributed by atoms with Gasteiger partial charge in [0.2, 0.25) is 0 Å². The summed E-state index contributed by atoms with van der Waals surface area (Å²) < 4.78 is 91.6. The standard InChI is InChI=1S/C24H10F6O4/c25-14-9-7-12(19(27)21(14)29)23(31)33-16-5-1-3-11-4-2-6-17(18(11)16)34-24(32)13-8-10-15(26)22(30)20(13)28/h1-10H. The predicted octanol–water partition coefficient (Wildman–Crippen LogP) is 6.11. The summed E-state index contributed by atoms with van der Waals surface area (Å²) in [6, 6.07) is 10.9. The molecule has 0 fully saturated rings. The van der Waals surface area contributed by atoms with Crippen molar-refractivity contribution in [2.45, 2.75) is 0 Å². The van der Waals surface area contributed by atoms with E-state index in [1.165, 1.54) is 36.4 Å². The first-order valence-electron chi connectivity index (χ1n) is 9.42. The number of fused-ring (bicyclic) bond motifs is 1. The summed E-state index contributed by atoms with van der Waals surface area (Å²) in [4.78, 5) is 24.9. The van der Waals surface area contributed by atoms with Crippen LogP contribution >= 0.6 is 0 Å². The number of hydrogen-bond donors (Lipinski definition) is 0. The van der Waals surface area contributed by atoms with Crippen LogP contribution in [0.25, 0.3) is 10.8 Å². The molecule has 0 bridgehead atoms. The van der Waals surface area contributed by atoms with Crippen LogP contribution in [0.5, 0.6) is 11.5 Å². The fourth-order valence-corrected chi connectivity index (χ4v) is 3.12. The predicted molar refractivity (Wildman–Crippen MR) is 106 cm³/mol. The normalized spacial score (nSPS) is 10.9. The maximum Gasteiger partial charge on any atom is 0.346 e. The summed E-state index contributed by atoms with van der Waals surface area (Å²) in [6.45, 7) is 0. The SMILES string of the molecule is O=C(Oc1cccc2cccc(OC(=O)c3ccc(F)c(F)c3F)c12)c1ccc(F)c(F)c1F. The van der Waals surface area contributed by atoms with Gasteiger partial charge in [0.1, 0.15) is 11.5 Å². The molecule has 0 unspecified atom stereocenters. The first kappa shape index (κ1) is 22.8. The molecule has 4 aromatic carbocycles. The summed E-state index contributed by atoms with van der Waals surface area (Å²) in [6.07, 6.45) is 0. The molecule has 0 aliphatic heterocycles. The molecule has 10 heteroatoms. The molecule has 0 atom stereocenters. The Morgan fingerprint density at radius 2 is 0.941 bits per heavy atom. The van der Waals surface area contributed by atoms with Gasteiger partial charge in [-0.05, 0) is 41.8 Å². The highest BCUT2D eigenvalue weighted by atomic mass is 19.2. The van der Waals surface area contributed by atoms with E-state index in [-0.39, 0.29) is 16.9 Å². The van der Waals surface area contributed by atoms with Crippen LogP contribution in [0.4, 0.5) is 26.3 Å². The molecule has 172 valence electrons. The van der Waals surface area contributed by atoms with Crippen molar-refractivity contribution in [2.24, 2.45) is 0 Å². The Morgan fingerprint density at radius 3 is 1.35 bits per heavy atom. The molecule has 4 nitrogen and oxygen atoms in total. The molecule has 0 heterocycles. The van der Waals surface area contributed by atoms with Crippen LogP contribution in [-0.4, -0.2) is 11.9 Å². The van der Waals surface area contributed by atoms with E-state index < -0.39 is 58.0 Å². The van der Waals surface area contributed by atoms with Crippen molar-refractivity contribution in [3.63, 3.8) is 0 Å². The number of esters is 2. The number of carbonyl (C=O) groups is 2. The Balaban J connectivity index is 1.72. The van der Waals surface area contributed by atoms with Crippen molar-refractivity contribution in [1.82, 2.24) is 0 Å². The monoisotopic (exact) mass is 476 g/mol. The molecule has 34 heavy (non-hydrogen) atoms. The lowest BCUT2D eigenvalue weighted by molar-refractivity contribution is 0.0729. The number of carbonyl (C=O) groups excluding carboxylic acids is 2. The van der Waals surface area contributed by atoms with E-state index in [2.05, 4.69) is 0 Å². The second kappa shape index (κ2) is 8.89. The van der Waals surface area contributed by atoms with Gasteiger partial charge in [-0.1, -0.05) is 24.3 Å². The molecule has 4 rings (SSSR count). The smallest absolute Gasteiger partial charge is 0.346 e. The minimum atomic E-state index is -1.87. The molecule has 0 amide bonds. The highest BCUT2D eigenvalue weighted by molar-refractivity contribution is 6.00. The molecular formula is C24H10F6O4. The molecule has 0 N–H and O–H groups in total. The first-order chi connectivity index (χ1) is 16.2. The Morgan fingerprint density at radius 1 is 0.529 bits per heavy atom. The van der Waals surface area contributed by atoms with Crippen LogP contribution in [-0.2, 0) is 0 Å². The number of ether oxygens (including phenoxy) is 2. The molecule has 0 aromatic heterocycles. The van der Waals surface area contributed by atoms with Gasteiger partial charge in [-0.3, -0.25) is 0 Å². The molecule has 0 radical (unpaired) electrons. The highest BCUT2D eigenvalue weighted by Gasteiger charge is 2.24. The molecule has 0 aliphatic rings. The summed E-state index contributed by atoms with van der Waals surface area (Å²) in [5.41, 5.74) is -1.79. The van der Waals surface area contributed by atoms with Gasteiger partial charge in [-0.15, -0.1) is 0 Å². The quantitative estimate of drug-likeness (QED) is 0.154. The average molecular weight is 476 g/mol. The van der Waals surface area contributed by atoms with Gasteiger partial charge in [-0.2, -0.15) is 0 Å². The lowest BCUT2D eigenvalue weighted by Crippen LogP contribution is -2.14. The van der Waals surface area contributed by atoms with Crippen LogP contribution < -0.4 is 9.47 Å². The maximum atomic E-state index is 14.0. The maximum absolute atomic E-state index is 14.0. The second-order valence-corrected chi connectivity index (χ2v) is 6.84. The van der Waals surface area contributed by atoms with Gasteiger partial charge in [-0.25, -0.2) is 35.9 Å². The molecular weight excluding hydrogens is 466 g/mol. The Kier molecular flexibility index (Phi) is 5.97. The minimum absolute atomic E-state index is 0.00214. The van der Waals surface area contributed by atoms with Crippen molar-refractivity contribution in [3.05, 3.63) is 107 Å². The van der Waals surface area contributed by atoms with Crippen LogP contribution in [0.15, 0.2) is 60.7 Å². The lowest BCUT2D eigenvalue weighted by atomic mass is 10.1. The topological polar surface area (TPSA) is 52.6 Å². The lowest BCUT2D eigenvalue weighted by Gasteiger charge is -2.13.